The van der Waals surface area contributed by atoms with Gasteiger partial charge in [-0.15, -0.1) is 0 Å². The number of methoxy groups -OCH3 is 1. The molecule has 0 spiro atoms. The minimum atomic E-state index is 0.0568. The Hall–Kier alpha value is -1.48. The van der Waals surface area contributed by atoms with Gasteiger partial charge in [0, 0.05) is 18.7 Å². The number of aromatic hydroxyl groups is 2. The zero-order chi connectivity index (χ0) is 9.68. The Kier molecular flexibility index (Phi) is 3.34. The van der Waals surface area contributed by atoms with E-state index < -0.39 is 0 Å². The van der Waals surface area contributed by atoms with Gasteiger partial charge < -0.3 is 14.9 Å². The van der Waals surface area contributed by atoms with Crippen molar-refractivity contribution in [3.05, 3.63) is 29.8 Å². The lowest BCUT2D eigenvalue weighted by Gasteiger charge is -1.99. The molecule has 0 bridgehead atoms. The molecular formula is C10H12O3. The van der Waals surface area contributed by atoms with Crippen LogP contribution < -0.4 is 0 Å². The quantitative estimate of drug-likeness (QED) is 0.745. The Labute approximate surface area is 76.9 Å². The third kappa shape index (κ3) is 2.80. The summed E-state index contributed by atoms with van der Waals surface area (Å²) in [4.78, 5) is 0. The molecule has 0 unspecified atom stereocenters. The van der Waals surface area contributed by atoms with Gasteiger partial charge in [-0.1, -0.05) is 12.2 Å². The van der Waals surface area contributed by atoms with Crippen molar-refractivity contribution in [1.29, 1.82) is 0 Å². The molecule has 0 aliphatic rings. The Bertz CT molecular complexity index is 305. The van der Waals surface area contributed by atoms with Gasteiger partial charge >= 0.3 is 0 Å². The summed E-state index contributed by atoms with van der Waals surface area (Å²) in [5.41, 5.74) is 0.662. The third-order valence-corrected chi connectivity index (χ3v) is 1.57. The fraction of sp³-hybridized carbons (Fsp3) is 0.200. The lowest BCUT2D eigenvalue weighted by molar-refractivity contribution is 0.234. The fourth-order valence-electron chi connectivity index (χ4n) is 0.944. The molecule has 3 nitrogen and oxygen atoms in total. The predicted octanol–water partition coefficient (Wildman–Crippen LogP) is 1.76. The zero-order valence-corrected chi connectivity index (χ0v) is 7.40. The topological polar surface area (TPSA) is 49.7 Å². The van der Waals surface area contributed by atoms with E-state index in [2.05, 4.69) is 0 Å². The number of hydrogen-bond acceptors (Lipinski definition) is 3. The van der Waals surface area contributed by atoms with E-state index in [9.17, 15) is 5.11 Å². The molecule has 0 aliphatic carbocycles. The van der Waals surface area contributed by atoms with E-state index in [1.54, 1.807) is 25.3 Å². The van der Waals surface area contributed by atoms with E-state index in [1.165, 1.54) is 12.1 Å². The van der Waals surface area contributed by atoms with E-state index in [4.69, 9.17) is 9.84 Å². The molecule has 0 atom stereocenters. The summed E-state index contributed by atoms with van der Waals surface area (Å²) < 4.78 is 4.81. The molecule has 1 aromatic rings. The van der Waals surface area contributed by atoms with Crippen molar-refractivity contribution in [2.75, 3.05) is 13.7 Å². The van der Waals surface area contributed by atoms with Gasteiger partial charge in [-0.25, -0.2) is 0 Å². The summed E-state index contributed by atoms with van der Waals surface area (Å²) in [5.74, 6) is 0.119. The van der Waals surface area contributed by atoms with Gasteiger partial charge in [0.15, 0.2) is 0 Å². The van der Waals surface area contributed by atoms with Gasteiger partial charge in [-0.05, 0) is 12.1 Å². The summed E-state index contributed by atoms with van der Waals surface area (Å²) in [7, 11) is 1.60. The van der Waals surface area contributed by atoms with E-state index in [0.29, 0.717) is 12.2 Å². The first-order valence-electron chi connectivity index (χ1n) is 3.91. The van der Waals surface area contributed by atoms with Crippen LogP contribution in [0.2, 0.25) is 0 Å². The predicted molar refractivity (Wildman–Crippen MR) is 50.7 cm³/mol. The Balaban J connectivity index is 2.77. The van der Waals surface area contributed by atoms with Crippen LogP contribution in [0.15, 0.2) is 24.3 Å². The van der Waals surface area contributed by atoms with Crippen LogP contribution in [0.5, 0.6) is 11.5 Å². The molecule has 0 aromatic heterocycles. The average molecular weight is 180 g/mol. The average Bonchev–Trinajstić information content (AvgIpc) is 2.09. The number of rotatable bonds is 3. The summed E-state index contributed by atoms with van der Waals surface area (Å²) in [6, 6.07) is 4.45. The second-order valence-electron chi connectivity index (χ2n) is 2.60. The van der Waals surface area contributed by atoms with E-state index in [0.717, 1.165) is 0 Å². The van der Waals surface area contributed by atoms with Crippen molar-refractivity contribution in [3.63, 3.8) is 0 Å². The molecule has 0 amide bonds. The SMILES string of the molecule is COCC=Cc1ccc(O)cc1O. The molecule has 70 valence electrons. The minimum absolute atomic E-state index is 0.0568. The molecule has 0 aliphatic heterocycles. The normalized spacial score (nSPS) is 10.8. The smallest absolute Gasteiger partial charge is 0.126 e. The van der Waals surface area contributed by atoms with Crippen molar-refractivity contribution in [1.82, 2.24) is 0 Å². The lowest BCUT2D eigenvalue weighted by atomic mass is 10.2. The van der Waals surface area contributed by atoms with E-state index >= 15 is 0 Å². The molecule has 13 heavy (non-hydrogen) atoms. The fourth-order valence-corrected chi connectivity index (χ4v) is 0.944. The van der Waals surface area contributed by atoms with Crippen molar-refractivity contribution in [3.8, 4) is 11.5 Å². The van der Waals surface area contributed by atoms with Gasteiger partial charge in [0.05, 0.1) is 6.61 Å². The number of benzene rings is 1. The molecule has 0 heterocycles. The maximum absolute atomic E-state index is 9.34. The Morgan fingerprint density at radius 3 is 2.77 bits per heavy atom. The number of phenols is 2. The van der Waals surface area contributed by atoms with Crippen LogP contribution >= 0.6 is 0 Å². The van der Waals surface area contributed by atoms with Crippen LogP contribution in [0.4, 0.5) is 0 Å². The maximum atomic E-state index is 9.34. The molecule has 0 radical (unpaired) electrons. The summed E-state index contributed by atoms with van der Waals surface area (Å²) in [5, 5.41) is 18.3. The maximum Gasteiger partial charge on any atom is 0.126 e. The standard InChI is InChI=1S/C10H12O3/c1-13-6-2-3-8-4-5-9(11)7-10(8)12/h2-5,7,11-12H,6H2,1H3. The highest BCUT2D eigenvalue weighted by Crippen LogP contribution is 2.23. The van der Waals surface area contributed by atoms with E-state index in [1.807, 2.05) is 0 Å². The van der Waals surface area contributed by atoms with Crippen LogP contribution in [0.25, 0.3) is 6.08 Å². The molecule has 0 saturated heterocycles. The van der Waals surface area contributed by atoms with Gasteiger partial charge in [-0.2, -0.15) is 0 Å². The van der Waals surface area contributed by atoms with Crippen LogP contribution in [0.3, 0.4) is 0 Å². The highest BCUT2D eigenvalue weighted by Gasteiger charge is 1.97. The first kappa shape index (κ1) is 9.61. The second-order valence-corrected chi connectivity index (χ2v) is 2.60. The molecule has 1 aromatic carbocycles. The Morgan fingerprint density at radius 1 is 1.38 bits per heavy atom. The molecule has 0 fully saturated rings. The van der Waals surface area contributed by atoms with Crippen molar-refractivity contribution in [2.24, 2.45) is 0 Å². The van der Waals surface area contributed by atoms with Gasteiger partial charge in [-0.3, -0.25) is 0 Å². The number of phenolic OH excluding ortho intramolecular Hbond substituents is 2. The van der Waals surface area contributed by atoms with Crippen molar-refractivity contribution in [2.45, 2.75) is 0 Å². The molecule has 2 N–H and O–H groups in total. The van der Waals surface area contributed by atoms with Crippen molar-refractivity contribution < 1.29 is 14.9 Å². The first-order valence-corrected chi connectivity index (χ1v) is 3.91. The van der Waals surface area contributed by atoms with E-state index in [-0.39, 0.29) is 11.5 Å². The zero-order valence-electron chi connectivity index (χ0n) is 7.40. The Morgan fingerprint density at radius 2 is 2.15 bits per heavy atom. The van der Waals surface area contributed by atoms with Gasteiger partial charge in [0.25, 0.3) is 0 Å². The van der Waals surface area contributed by atoms with Crippen LogP contribution in [0, 0.1) is 0 Å². The lowest BCUT2D eigenvalue weighted by Crippen LogP contribution is -1.80. The monoisotopic (exact) mass is 180 g/mol. The molecule has 1 rings (SSSR count). The summed E-state index contributed by atoms with van der Waals surface area (Å²) in [6.07, 6.45) is 3.52. The summed E-state index contributed by atoms with van der Waals surface area (Å²) in [6.45, 7) is 0.500. The van der Waals surface area contributed by atoms with Crippen LogP contribution in [0.1, 0.15) is 5.56 Å². The van der Waals surface area contributed by atoms with Crippen LogP contribution in [-0.2, 0) is 4.74 Å². The number of hydrogen-bond donors (Lipinski definition) is 2. The number of ether oxygens (including phenoxy) is 1. The highest BCUT2D eigenvalue weighted by molar-refractivity contribution is 5.58. The highest BCUT2D eigenvalue weighted by atomic mass is 16.5. The largest absolute Gasteiger partial charge is 0.508 e. The first-order chi connectivity index (χ1) is 6.24. The van der Waals surface area contributed by atoms with Gasteiger partial charge in [0.2, 0.25) is 0 Å². The molecule has 0 saturated carbocycles. The van der Waals surface area contributed by atoms with Crippen LogP contribution in [-0.4, -0.2) is 23.9 Å². The molecule has 3 heteroatoms. The van der Waals surface area contributed by atoms with Gasteiger partial charge in [0.1, 0.15) is 11.5 Å². The summed E-state index contributed by atoms with van der Waals surface area (Å²) >= 11 is 0. The van der Waals surface area contributed by atoms with Crippen molar-refractivity contribution >= 4 is 6.08 Å². The minimum Gasteiger partial charge on any atom is -0.508 e. The molecular weight excluding hydrogens is 168 g/mol. The third-order valence-electron chi connectivity index (χ3n) is 1.57. The second kappa shape index (κ2) is 4.52.